The van der Waals surface area contributed by atoms with Gasteiger partial charge in [-0.2, -0.15) is 0 Å². The second-order valence-electron chi connectivity index (χ2n) is 3.72. The molecule has 0 heterocycles. The first kappa shape index (κ1) is 13.0. The van der Waals surface area contributed by atoms with Crippen molar-refractivity contribution in [1.29, 1.82) is 0 Å². The fraction of sp³-hybridized carbons (Fsp3) is 0.417. The second kappa shape index (κ2) is 5.89. The summed E-state index contributed by atoms with van der Waals surface area (Å²) in [5.74, 6) is 0.217. The number of aliphatic carboxylic acids is 1. The quantitative estimate of drug-likeness (QED) is 0.902. The Morgan fingerprint density at radius 2 is 2.25 bits per heavy atom. The number of carboxylic acid groups (broad SMARTS) is 1. The summed E-state index contributed by atoms with van der Waals surface area (Å²) < 4.78 is 6.23. The summed E-state index contributed by atoms with van der Waals surface area (Å²) in [6.07, 6.45) is 0.799. The van der Waals surface area contributed by atoms with Gasteiger partial charge in [-0.25, -0.2) is 0 Å². The van der Waals surface area contributed by atoms with Crippen LogP contribution in [0.2, 0.25) is 0 Å². The molecule has 0 aromatic heterocycles. The van der Waals surface area contributed by atoms with E-state index in [2.05, 4.69) is 15.9 Å². The van der Waals surface area contributed by atoms with Gasteiger partial charge in [0.15, 0.2) is 0 Å². The number of methoxy groups -OCH3 is 1. The van der Waals surface area contributed by atoms with Crippen LogP contribution in [0.15, 0.2) is 22.7 Å². The van der Waals surface area contributed by atoms with Crippen LogP contribution in [0, 0.1) is 0 Å². The highest BCUT2D eigenvalue weighted by atomic mass is 79.9. The molecule has 4 heteroatoms. The minimum atomic E-state index is -0.761. The Bertz CT molecular complexity index is 377. The number of carboxylic acids is 1. The maximum Gasteiger partial charge on any atom is 0.303 e. The van der Waals surface area contributed by atoms with E-state index >= 15 is 0 Å². The van der Waals surface area contributed by atoms with E-state index in [1.54, 1.807) is 7.11 Å². The zero-order valence-corrected chi connectivity index (χ0v) is 11.0. The first-order chi connectivity index (χ1) is 7.54. The van der Waals surface area contributed by atoms with Crippen LogP contribution in [0.1, 0.15) is 31.2 Å². The molecule has 0 radical (unpaired) electrons. The van der Waals surface area contributed by atoms with Crippen molar-refractivity contribution in [2.24, 2.45) is 0 Å². The van der Waals surface area contributed by atoms with Crippen molar-refractivity contribution in [3.63, 3.8) is 0 Å². The summed E-state index contributed by atoms with van der Waals surface area (Å²) >= 11 is 3.37. The van der Waals surface area contributed by atoms with Gasteiger partial charge >= 0.3 is 5.97 Å². The Labute approximate surface area is 104 Å². The van der Waals surface area contributed by atoms with Crippen molar-refractivity contribution < 1.29 is 14.6 Å². The van der Waals surface area contributed by atoms with Crippen LogP contribution in [0.4, 0.5) is 0 Å². The smallest absolute Gasteiger partial charge is 0.303 e. The summed E-state index contributed by atoms with van der Waals surface area (Å²) in [4.78, 5) is 10.5. The first-order valence-corrected chi connectivity index (χ1v) is 5.89. The number of carbonyl (C=O) groups is 1. The van der Waals surface area contributed by atoms with E-state index in [-0.39, 0.29) is 12.3 Å². The Hall–Kier alpha value is -1.03. The van der Waals surface area contributed by atoms with Crippen LogP contribution in [0.25, 0.3) is 0 Å². The van der Waals surface area contributed by atoms with Crippen LogP contribution < -0.4 is 4.74 Å². The van der Waals surface area contributed by atoms with E-state index in [1.807, 2.05) is 25.1 Å². The summed E-state index contributed by atoms with van der Waals surface area (Å²) in [7, 11) is 1.62. The third kappa shape index (κ3) is 3.52. The summed E-state index contributed by atoms with van der Waals surface area (Å²) in [5.41, 5.74) is 1.05. The van der Waals surface area contributed by atoms with E-state index in [0.29, 0.717) is 6.42 Å². The molecule has 3 nitrogen and oxygen atoms in total. The van der Waals surface area contributed by atoms with E-state index < -0.39 is 5.97 Å². The Kier molecular flexibility index (Phi) is 4.80. The van der Waals surface area contributed by atoms with E-state index in [9.17, 15) is 4.79 Å². The average Bonchev–Trinajstić information content (AvgIpc) is 2.25. The monoisotopic (exact) mass is 286 g/mol. The van der Waals surface area contributed by atoms with Gasteiger partial charge in [0.25, 0.3) is 0 Å². The van der Waals surface area contributed by atoms with Gasteiger partial charge in [0.1, 0.15) is 5.75 Å². The molecule has 1 rings (SSSR count). The maximum absolute atomic E-state index is 10.5. The van der Waals surface area contributed by atoms with Crippen LogP contribution in [0.5, 0.6) is 5.75 Å². The lowest BCUT2D eigenvalue weighted by Crippen LogP contribution is -2.02. The summed E-state index contributed by atoms with van der Waals surface area (Å²) in [5, 5.41) is 8.64. The molecule has 88 valence electrons. The second-order valence-corrected chi connectivity index (χ2v) is 4.64. The average molecular weight is 287 g/mol. The van der Waals surface area contributed by atoms with Crippen molar-refractivity contribution in [3.8, 4) is 5.75 Å². The van der Waals surface area contributed by atoms with Gasteiger partial charge in [-0.3, -0.25) is 4.79 Å². The molecule has 0 unspecified atom stereocenters. The van der Waals surface area contributed by atoms with Crippen LogP contribution in [0.3, 0.4) is 0 Å². The number of rotatable bonds is 5. The minimum absolute atomic E-state index is 0.180. The highest BCUT2D eigenvalue weighted by Crippen LogP contribution is 2.31. The minimum Gasteiger partial charge on any atom is -0.496 e. The molecule has 0 aliphatic rings. The fourth-order valence-electron chi connectivity index (χ4n) is 1.59. The number of hydrogen-bond donors (Lipinski definition) is 1. The highest BCUT2D eigenvalue weighted by molar-refractivity contribution is 9.10. The molecule has 1 N–H and O–H groups in total. The third-order valence-corrected chi connectivity index (χ3v) is 3.01. The molecule has 0 aliphatic carbocycles. The Morgan fingerprint density at radius 3 is 2.81 bits per heavy atom. The van der Waals surface area contributed by atoms with E-state index in [1.165, 1.54) is 0 Å². The van der Waals surface area contributed by atoms with Gasteiger partial charge in [0, 0.05) is 10.9 Å². The van der Waals surface area contributed by atoms with E-state index in [0.717, 1.165) is 15.8 Å². The van der Waals surface area contributed by atoms with Crippen molar-refractivity contribution in [2.45, 2.75) is 25.7 Å². The van der Waals surface area contributed by atoms with Gasteiger partial charge in [-0.05, 0) is 30.0 Å². The molecule has 0 fully saturated rings. The molecule has 1 aromatic rings. The van der Waals surface area contributed by atoms with Crippen molar-refractivity contribution in [2.75, 3.05) is 7.11 Å². The maximum atomic E-state index is 10.5. The lowest BCUT2D eigenvalue weighted by Gasteiger charge is -2.15. The fourth-order valence-corrected chi connectivity index (χ4v) is 1.93. The number of hydrogen-bond acceptors (Lipinski definition) is 2. The van der Waals surface area contributed by atoms with Gasteiger partial charge in [-0.1, -0.05) is 28.9 Å². The lowest BCUT2D eigenvalue weighted by molar-refractivity contribution is -0.137. The number of benzene rings is 1. The molecule has 0 amide bonds. The van der Waals surface area contributed by atoms with Crippen LogP contribution >= 0.6 is 15.9 Å². The molecular weight excluding hydrogens is 272 g/mol. The predicted molar refractivity (Wildman–Crippen MR) is 66.0 cm³/mol. The molecule has 0 aliphatic heterocycles. The SMILES string of the molecule is COc1cc(Br)ccc1[C@@H](C)CCC(=O)O. The zero-order chi connectivity index (χ0) is 12.1. The van der Waals surface area contributed by atoms with Gasteiger partial charge < -0.3 is 9.84 Å². The zero-order valence-electron chi connectivity index (χ0n) is 9.37. The standard InChI is InChI=1S/C12H15BrO3/c1-8(3-6-12(14)15)10-5-4-9(13)7-11(10)16-2/h4-5,7-8H,3,6H2,1-2H3,(H,14,15)/t8-/m0/s1. The van der Waals surface area contributed by atoms with Crippen molar-refractivity contribution in [1.82, 2.24) is 0 Å². The summed E-state index contributed by atoms with van der Waals surface area (Å²) in [6, 6.07) is 5.80. The van der Waals surface area contributed by atoms with Crippen LogP contribution in [-0.4, -0.2) is 18.2 Å². The Morgan fingerprint density at radius 1 is 1.56 bits per heavy atom. The first-order valence-electron chi connectivity index (χ1n) is 5.09. The van der Waals surface area contributed by atoms with Crippen LogP contribution in [-0.2, 0) is 4.79 Å². The molecular formula is C12H15BrO3. The van der Waals surface area contributed by atoms with Gasteiger partial charge in [-0.15, -0.1) is 0 Å². The molecule has 1 aromatic carbocycles. The normalized spacial score (nSPS) is 12.2. The number of ether oxygens (including phenoxy) is 1. The number of halogens is 1. The largest absolute Gasteiger partial charge is 0.496 e. The van der Waals surface area contributed by atoms with Crippen molar-refractivity contribution >= 4 is 21.9 Å². The third-order valence-electron chi connectivity index (χ3n) is 2.52. The summed E-state index contributed by atoms with van der Waals surface area (Å²) in [6.45, 7) is 2.01. The lowest BCUT2D eigenvalue weighted by atomic mass is 9.95. The molecule has 0 spiro atoms. The molecule has 1 atom stereocenters. The topological polar surface area (TPSA) is 46.5 Å². The molecule has 0 bridgehead atoms. The van der Waals surface area contributed by atoms with Crippen molar-refractivity contribution in [3.05, 3.63) is 28.2 Å². The molecule has 16 heavy (non-hydrogen) atoms. The highest BCUT2D eigenvalue weighted by Gasteiger charge is 2.13. The molecule has 0 saturated carbocycles. The van der Waals surface area contributed by atoms with Gasteiger partial charge in [0.05, 0.1) is 7.11 Å². The van der Waals surface area contributed by atoms with E-state index in [4.69, 9.17) is 9.84 Å². The van der Waals surface area contributed by atoms with Gasteiger partial charge in [0.2, 0.25) is 0 Å². The Balaban J connectivity index is 2.81. The predicted octanol–water partition coefficient (Wildman–Crippen LogP) is 3.43. The molecule has 0 saturated heterocycles.